The minimum Gasteiger partial charge on any atom is -0.478 e. The Morgan fingerprint density at radius 2 is 1.88 bits per heavy atom. The molecule has 0 saturated carbocycles. The third-order valence-electron chi connectivity index (χ3n) is 2.24. The van der Waals surface area contributed by atoms with E-state index in [-0.39, 0.29) is 5.56 Å². The smallest absolute Gasteiger partial charge is 0.336 e. The van der Waals surface area contributed by atoms with E-state index in [9.17, 15) is 9.59 Å². The van der Waals surface area contributed by atoms with Gasteiger partial charge in [-0.1, -0.05) is 30.3 Å². The Bertz CT molecular complexity index is 572. The number of nitrogens with one attached hydrogen (secondary N) is 1. The van der Waals surface area contributed by atoms with E-state index < -0.39 is 11.5 Å². The van der Waals surface area contributed by atoms with E-state index in [0.29, 0.717) is 5.56 Å². The number of hydrogen-bond acceptors (Lipinski definition) is 2. The molecule has 0 unspecified atom stereocenters. The molecule has 0 atom stereocenters. The molecule has 0 aliphatic heterocycles. The summed E-state index contributed by atoms with van der Waals surface area (Å²) in [6.45, 7) is 0. The quantitative estimate of drug-likeness (QED) is 0.801. The number of hydrogen-bond donors (Lipinski definition) is 2. The Morgan fingerprint density at radius 1 is 1.19 bits per heavy atom. The van der Waals surface area contributed by atoms with Crippen LogP contribution in [0.4, 0.5) is 0 Å². The second kappa shape index (κ2) is 4.02. The number of carboxylic acids is 1. The number of H-pyrrole nitrogens is 1. The molecule has 1 heterocycles. The van der Waals surface area contributed by atoms with E-state index in [1.807, 2.05) is 18.2 Å². The summed E-state index contributed by atoms with van der Waals surface area (Å²) in [6.07, 6.45) is 1.42. The van der Waals surface area contributed by atoms with E-state index in [4.69, 9.17) is 5.11 Å². The number of aromatic carboxylic acids is 1. The third-order valence-corrected chi connectivity index (χ3v) is 2.24. The number of pyridine rings is 1. The van der Waals surface area contributed by atoms with Crippen molar-refractivity contribution in [1.82, 2.24) is 4.98 Å². The van der Waals surface area contributed by atoms with Gasteiger partial charge < -0.3 is 10.1 Å². The van der Waals surface area contributed by atoms with E-state index in [0.717, 1.165) is 11.6 Å². The van der Waals surface area contributed by atoms with Crippen LogP contribution in [-0.2, 0) is 0 Å². The molecular formula is C12H9NO3. The molecule has 1 aromatic carbocycles. The average Bonchev–Trinajstić information content (AvgIpc) is 2.30. The summed E-state index contributed by atoms with van der Waals surface area (Å²) in [6, 6.07) is 10.1. The Morgan fingerprint density at radius 3 is 2.50 bits per heavy atom. The minimum atomic E-state index is -1.11. The molecule has 2 aromatic rings. The second-order valence-electron chi connectivity index (χ2n) is 3.30. The molecule has 16 heavy (non-hydrogen) atoms. The lowest BCUT2D eigenvalue weighted by molar-refractivity contribution is 0.0697. The highest BCUT2D eigenvalue weighted by Crippen LogP contribution is 2.21. The van der Waals surface area contributed by atoms with Crippen molar-refractivity contribution in [2.45, 2.75) is 0 Å². The third kappa shape index (κ3) is 1.86. The molecule has 0 aliphatic carbocycles. The topological polar surface area (TPSA) is 70.2 Å². The summed E-state index contributed by atoms with van der Waals surface area (Å²) in [5.74, 6) is -1.11. The summed E-state index contributed by atoms with van der Waals surface area (Å²) in [4.78, 5) is 24.5. The van der Waals surface area contributed by atoms with Gasteiger partial charge in [-0.25, -0.2) is 4.79 Å². The summed E-state index contributed by atoms with van der Waals surface area (Å²) >= 11 is 0. The standard InChI is InChI=1S/C12H9NO3/c14-11-6-9(12(15)16)10(7-13-11)8-4-2-1-3-5-8/h1-7H,(H,13,14)(H,15,16). The predicted molar refractivity (Wildman–Crippen MR) is 59.5 cm³/mol. The highest BCUT2D eigenvalue weighted by molar-refractivity contribution is 5.95. The lowest BCUT2D eigenvalue weighted by Gasteiger charge is -2.04. The fourth-order valence-electron chi connectivity index (χ4n) is 1.51. The van der Waals surface area contributed by atoms with Crippen LogP contribution in [0.15, 0.2) is 47.4 Å². The molecule has 0 fully saturated rings. The molecule has 1 aromatic heterocycles. The highest BCUT2D eigenvalue weighted by atomic mass is 16.4. The molecule has 4 heteroatoms. The largest absolute Gasteiger partial charge is 0.478 e. The van der Waals surface area contributed by atoms with Crippen LogP contribution in [0, 0.1) is 0 Å². The number of aromatic amines is 1. The van der Waals surface area contributed by atoms with Gasteiger partial charge in [0.2, 0.25) is 5.56 Å². The first kappa shape index (κ1) is 10.2. The highest BCUT2D eigenvalue weighted by Gasteiger charge is 2.11. The van der Waals surface area contributed by atoms with Crippen molar-refractivity contribution in [3.8, 4) is 11.1 Å². The van der Waals surface area contributed by atoms with Crippen molar-refractivity contribution in [2.24, 2.45) is 0 Å². The minimum absolute atomic E-state index is 0.00921. The number of rotatable bonds is 2. The normalized spacial score (nSPS) is 10.0. The second-order valence-corrected chi connectivity index (χ2v) is 3.30. The number of benzene rings is 1. The van der Waals surface area contributed by atoms with Crippen molar-refractivity contribution in [3.05, 3.63) is 58.5 Å². The van der Waals surface area contributed by atoms with E-state index in [2.05, 4.69) is 4.98 Å². The Hall–Kier alpha value is -2.36. The van der Waals surface area contributed by atoms with Crippen LogP contribution in [0.25, 0.3) is 11.1 Å². The van der Waals surface area contributed by atoms with E-state index >= 15 is 0 Å². The molecule has 2 N–H and O–H groups in total. The molecule has 0 bridgehead atoms. The summed E-state index contributed by atoms with van der Waals surface area (Å²) in [5, 5.41) is 9.00. The van der Waals surface area contributed by atoms with Crippen molar-refractivity contribution in [1.29, 1.82) is 0 Å². The molecule has 4 nitrogen and oxygen atoms in total. The molecule has 2 rings (SSSR count). The maximum Gasteiger partial charge on any atom is 0.336 e. The van der Waals surface area contributed by atoms with Gasteiger partial charge in [0.05, 0.1) is 5.56 Å². The molecular weight excluding hydrogens is 206 g/mol. The zero-order valence-corrected chi connectivity index (χ0v) is 8.31. The number of carboxylic acid groups (broad SMARTS) is 1. The zero-order chi connectivity index (χ0) is 11.5. The van der Waals surface area contributed by atoms with Gasteiger partial charge >= 0.3 is 5.97 Å². The van der Waals surface area contributed by atoms with Crippen molar-refractivity contribution >= 4 is 5.97 Å². The van der Waals surface area contributed by atoms with E-state index in [1.165, 1.54) is 6.20 Å². The Balaban J connectivity index is 2.66. The van der Waals surface area contributed by atoms with Crippen LogP contribution < -0.4 is 5.56 Å². The summed E-state index contributed by atoms with van der Waals surface area (Å²) < 4.78 is 0. The Labute approximate surface area is 91.2 Å². The van der Waals surface area contributed by atoms with Crippen LogP contribution in [0.3, 0.4) is 0 Å². The Kier molecular flexibility index (Phi) is 2.55. The lowest BCUT2D eigenvalue weighted by atomic mass is 10.0. The van der Waals surface area contributed by atoms with Gasteiger partial charge in [0.25, 0.3) is 0 Å². The molecule has 0 aliphatic rings. The van der Waals surface area contributed by atoms with Crippen LogP contribution in [0.2, 0.25) is 0 Å². The van der Waals surface area contributed by atoms with Crippen LogP contribution >= 0.6 is 0 Å². The zero-order valence-electron chi connectivity index (χ0n) is 8.31. The van der Waals surface area contributed by atoms with Crippen LogP contribution in [-0.4, -0.2) is 16.1 Å². The lowest BCUT2D eigenvalue weighted by Crippen LogP contribution is -2.10. The molecule has 0 spiro atoms. The van der Waals surface area contributed by atoms with Gasteiger partial charge in [0.1, 0.15) is 0 Å². The van der Waals surface area contributed by atoms with Gasteiger partial charge in [0, 0.05) is 17.8 Å². The molecule has 0 saturated heterocycles. The number of aromatic nitrogens is 1. The fourth-order valence-corrected chi connectivity index (χ4v) is 1.51. The predicted octanol–water partition coefficient (Wildman–Crippen LogP) is 1.74. The first-order valence-electron chi connectivity index (χ1n) is 4.70. The fraction of sp³-hybridized carbons (Fsp3) is 0. The van der Waals surface area contributed by atoms with Crippen LogP contribution in [0.5, 0.6) is 0 Å². The van der Waals surface area contributed by atoms with Crippen LogP contribution in [0.1, 0.15) is 10.4 Å². The number of carbonyl (C=O) groups is 1. The summed E-state index contributed by atoms with van der Waals surface area (Å²) in [7, 11) is 0. The SMILES string of the molecule is O=C(O)c1cc(=O)[nH]cc1-c1ccccc1. The average molecular weight is 215 g/mol. The first-order valence-corrected chi connectivity index (χ1v) is 4.70. The van der Waals surface area contributed by atoms with Crippen molar-refractivity contribution in [2.75, 3.05) is 0 Å². The van der Waals surface area contributed by atoms with Gasteiger partial charge in [-0.05, 0) is 5.56 Å². The summed E-state index contributed by atoms with van der Waals surface area (Å²) in [5.41, 5.74) is 0.857. The first-order chi connectivity index (χ1) is 7.68. The van der Waals surface area contributed by atoms with Crippen molar-refractivity contribution < 1.29 is 9.90 Å². The monoisotopic (exact) mass is 215 g/mol. The molecule has 80 valence electrons. The van der Waals surface area contributed by atoms with Gasteiger partial charge in [0.15, 0.2) is 0 Å². The maximum absolute atomic E-state index is 11.1. The molecule has 0 radical (unpaired) electrons. The van der Waals surface area contributed by atoms with Gasteiger partial charge in [-0.15, -0.1) is 0 Å². The molecule has 0 amide bonds. The van der Waals surface area contributed by atoms with Gasteiger partial charge in [-0.3, -0.25) is 4.79 Å². The maximum atomic E-state index is 11.1. The van der Waals surface area contributed by atoms with E-state index in [1.54, 1.807) is 12.1 Å². The van der Waals surface area contributed by atoms with Crippen molar-refractivity contribution in [3.63, 3.8) is 0 Å². The van der Waals surface area contributed by atoms with Gasteiger partial charge in [-0.2, -0.15) is 0 Å².